The second-order valence-electron chi connectivity index (χ2n) is 14.9. The third-order valence-electron chi connectivity index (χ3n) is 9.96. The quantitative estimate of drug-likeness (QED) is 0.0811. The van der Waals surface area contributed by atoms with Gasteiger partial charge in [0, 0.05) is 0 Å². The van der Waals surface area contributed by atoms with E-state index < -0.39 is 0 Å². The Morgan fingerprint density at radius 1 is 0.490 bits per heavy atom. The first kappa shape index (κ1) is 36.8. The number of benzene rings is 4. The average molecular weight is 693 g/mol. The average Bonchev–Trinajstić information content (AvgIpc) is 4.01. The Morgan fingerprint density at radius 3 is 1.18 bits per heavy atom. The lowest BCUT2D eigenvalue weighted by atomic mass is 9.96. The molecule has 0 aromatic heterocycles. The summed E-state index contributed by atoms with van der Waals surface area (Å²) in [7, 11) is 0. The Labute approximate surface area is 305 Å². The molecule has 0 N–H and O–H groups in total. The third kappa shape index (κ3) is 9.46. The first-order chi connectivity index (χ1) is 24.5. The summed E-state index contributed by atoms with van der Waals surface area (Å²) in [6, 6.07) is 17.9. The van der Waals surface area contributed by atoms with Crippen LogP contribution in [0.1, 0.15) is 77.1 Å². The molecule has 4 aromatic rings. The van der Waals surface area contributed by atoms with Crippen molar-refractivity contribution in [3.8, 4) is 45.3 Å². The van der Waals surface area contributed by atoms with Crippen LogP contribution < -0.4 is 18.9 Å². The highest BCUT2D eigenvalue weighted by atomic mass is 16.6. The second kappa shape index (κ2) is 16.1. The molecule has 0 saturated carbocycles. The van der Waals surface area contributed by atoms with E-state index in [-0.39, 0.29) is 18.3 Å². The van der Waals surface area contributed by atoms with Crippen molar-refractivity contribution in [1.82, 2.24) is 0 Å². The molecular weight excluding hydrogens is 636 g/mol. The lowest BCUT2D eigenvalue weighted by molar-refractivity contribution is 0.202. The van der Waals surface area contributed by atoms with Crippen molar-refractivity contribution < 1.29 is 28.4 Å². The van der Waals surface area contributed by atoms with Crippen molar-refractivity contribution >= 4 is 0 Å². The van der Waals surface area contributed by atoms with Gasteiger partial charge in [-0.25, -0.2) is 0 Å². The molecule has 3 unspecified atom stereocenters. The molecule has 2 aliphatic rings. The lowest BCUT2D eigenvalue weighted by Crippen LogP contribution is -2.13. The van der Waals surface area contributed by atoms with Crippen LogP contribution in [-0.4, -0.2) is 51.3 Å². The normalized spacial score (nSPS) is 16.9. The van der Waals surface area contributed by atoms with E-state index in [9.17, 15) is 0 Å². The highest BCUT2D eigenvalue weighted by Crippen LogP contribution is 2.37. The number of unbranched alkanes of at least 4 members (excludes halogenated alkanes) is 2. The summed E-state index contributed by atoms with van der Waals surface area (Å²) in [5.41, 5.74) is 14.1. The van der Waals surface area contributed by atoms with Gasteiger partial charge in [0.15, 0.2) is 0 Å². The summed E-state index contributed by atoms with van der Waals surface area (Å²) in [6.45, 7) is 22.8. The predicted molar refractivity (Wildman–Crippen MR) is 206 cm³/mol. The Hall–Kier alpha value is -4.00. The van der Waals surface area contributed by atoms with Crippen molar-refractivity contribution in [3.05, 3.63) is 93.0 Å². The molecule has 2 saturated heterocycles. The van der Waals surface area contributed by atoms with Gasteiger partial charge in [0.05, 0.1) is 25.9 Å². The van der Waals surface area contributed by atoms with Gasteiger partial charge < -0.3 is 28.4 Å². The number of hydrogen-bond donors (Lipinski definition) is 0. The minimum absolute atomic E-state index is 0.141. The second-order valence-corrected chi connectivity index (χ2v) is 14.9. The highest BCUT2D eigenvalue weighted by Gasteiger charge is 2.25. The number of hydrogen-bond acceptors (Lipinski definition) is 6. The topological polar surface area (TPSA) is 62.0 Å². The molecule has 0 amide bonds. The summed E-state index contributed by atoms with van der Waals surface area (Å²) in [5.74, 6) is 3.94. The molecule has 0 aliphatic carbocycles. The van der Waals surface area contributed by atoms with E-state index >= 15 is 0 Å². The molecular formula is C45H56O6. The van der Waals surface area contributed by atoms with Crippen LogP contribution in [0.2, 0.25) is 0 Å². The molecule has 2 aliphatic heterocycles. The van der Waals surface area contributed by atoms with Gasteiger partial charge >= 0.3 is 0 Å². The van der Waals surface area contributed by atoms with Gasteiger partial charge in [-0.15, -0.1) is 0 Å². The Bertz CT molecular complexity index is 1760. The molecule has 6 nitrogen and oxygen atoms in total. The summed E-state index contributed by atoms with van der Waals surface area (Å²) in [5, 5.41) is 0. The summed E-state index contributed by atoms with van der Waals surface area (Å²) >= 11 is 0. The molecule has 4 aromatic carbocycles. The standard InChI is InChI=1S/C45H56O6/c1-27-15-36(37-17-29(3)43(30(4)18-37)49-25-40-23-47-40)16-28(2)42(27)46-14-12-10-11-13-35(9)51-45-33(7)21-39(22-34(45)8)38-19-31(5)44(32(6)20-38)50-26-41-24-48-41/h15-22,35,40-41H,10-14,23-26H2,1-9H3. The fourth-order valence-electron chi connectivity index (χ4n) is 7.16. The minimum Gasteiger partial charge on any atom is -0.493 e. The van der Waals surface area contributed by atoms with Crippen LogP contribution in [-0.2, 0) is 9.47 Å². The maximum Gasteiger partial charge on any atom is 0.125 e. The van der Waals surface area contributed by atoms with E-state index in [0.29, 0.717) is 19.8 Å². The van der Waals surface area contributed by atoms with Crippen molar-refractivity contribution in [2.75, 3.05) is 33.0 Å². The Kier molecular flexibility index (Phi) is 11.6. The molecule has 0 spiro atoms. The van der Waals surface area contributed by atoms with E-state index in [4.69, 9.17) is 28.4 Å². The highest BCUT2D eigenvalue weighted by molar-refractivity contribution is 5.71. The molecule has 0 bridgehead atoms. The lowest BCUT2D eigenvalue weighted by Gasteiger charge is -2.20. The molecule has 6 heteroatoms. The fourth-order valence-corrected chi connectivity index (χ4v) is 7.16. The van der Waals surface area contributed by atoms with Crippen molar-refractivity contribution in [3.63, 3.8) is 0 Å². The summed E-state index contributed by atoms with van der Waals surface area (Å²) in [6.07, 6.45) is 4.87. The fraction of sp³-hybridized carbons (Fsp3) is 0.467. The van der Waals surface area contributed by atoms with Crippen LogP contribution in [0.25, 0.3) is 22.3 Å². The Morgan fingerprint density at radius 2 is 0.824 bits per heavy atom. The van der Waals surface area contributed by atoms with E-state index in [1.807, 2.05) is 0 Å². The van der Waals surface area contributed by atoms with Crippen LogP contribution in [0.15, 0.2) is 48.5 Å². The molecule has 272 valence electrons. The molecule has 6 rings (SSSR count). The van der Waals surface area contributed by atoms with Gasteiger partial charge in [0.25, 0.3) is 0 Å². The number of ether oxygens (including phenoxy) is 6. The van der Waals surface area contributed by atoms with Gasteiger partial charge in [0.2, 0.25) is 0 Å². The van der Waals surface area contributed by atoms with Crippen molar-refractivity contribution in [1.29, 1.82) is 0 Å². The molecule has 3 atom stereocenters. The van der Waals surface area contributed by atoms with E-state index in [2.05, 4.69) is 111 Å². The molecule has 2 fully saturated rings. The van der Waals surface area contributed by atoms with Crippen LogP contribution >= 0.6 is 0 Å². The zero-order chi connectivity index (χ0) is 36.2. The monoisotopic (exact) mass is 692 g/mol. The molecule has 0 radical (unpaired) electrons. The van der Waals surface area contributed by atoms with Gasteiger partial charge in [-0.05, 0) is 203 Å². The summed E-state index contributed by atoms with van der Waals surface area (Å²) in [4.78, 5) is 0. The SMILES string of the molecule is Cc1cc(-c2cc(C)c(OCC3CO3)c(C)c2)cc(C)c1OCCCCCC(C)Oc1c(C)cc(-c2cc(C)c(OCC3CO3)c(C)c2)cc1C. The zero-order valence-electron chi connectivity index (χ0n) is 32.2. The first-order valence-corrected chi connectivity index (χ1v) is 18.7. The predicted octanol–water partition coefficient (Wildman–Crippen LogP) is 10.4. The van der Waals surface area contributed by atoms with Crippen LogP contribution in [0.4, 0.5) is 0 Å². The van der Waals surface area contributed by atoms with Gasteiger partial charge in [0.1, 0.15) is 48.4 Å². The van der Waals surface area contributed by atoms with E-state index in [1.54, 1.807) is 0 Å². The van der Waals surface area contributed by atoms with Gasteiger partial charge in [-0.1, -0.05) is 0 Å². The van der Waals surface area contributed by atoms with E-state index in [1.165, 1.54) is 44.5 Å². The Balaban J connectivity index is 0.961. The number of rotatable bonds is 17. The van der Waals surface area contributed by atoms with Gasteiger partial charge in [-0.3, -0.25) is 0 Å². The number of aryl methyl sites for hydroxylation is 8. The number of epoxide rings is 2. The first-order valence-electron chi connectivity index (χ1n) is 18.7. The third-order valence-corrected chi connectivity index (χ3v) is 9.96. The van der Waals surface area contributed by atoms with E-state index in [0.717, 1.165) is 84.1 Å². The largest absolute Gasteiger partial charge is 0.493 e. The van der Waals surface area contributed by atoms with Crippen molar-refractivity contribution in [2.24, 2.45) is 0 Å². The maximum absolute atomic E-state index is 6.52. The molecule has 51 heavy (non-hydrogen) atoms. The zero-order valence-corrected chi connectivity index (χ0v) is 32.2. The van der Waals surface area contributed by atoms with Crippen molar-refractivity contribution in [2.45, 2.75) is 106 Å². The van der Waals surface area contributed by atoms with Crippen LogP contribution in [0, 0.1) is 55.4 Å². The summed E-state index contributed by atoms with van der Waals surface area (Å²) < 4.78 is 35.6. The van der Waals surface area contributed by atoms with Crippen LogP contribution in [0.3, 0.4) is 0 Å². The van der Waals surface area contributed by atoms with Crippen LogP contribution in [0.5, 0.6) is 23.0 Å². The molecule has 2 heterocycles. The smallest absolute Gasteiger partial charge is 0.125 e. The maximum atomic E-state index is 6.52. The minimum atomic E-state index is 0.141. The van der Waals surface area contributed by atoms with Gasteiger partial charge in [-0.2, -0.15) is 0 Å².